The lowest BCUT2D eigenvalue weighted by molar-refractivity contribution is -0.124. The summed E-state index contributed by atoms with van der Waals surface area (Å²) in [5.41, 5.74) is 2.63. The van der Waals surface area contributed by atoms with Crippen molar-refractivity contribution < 1.29 is 4.79 Å². The average molecular weight is 286 g/mol. The van der Waals surface area contributed by atoms with Gasteiger partial charge >= 0.3 is 0 Å². The lowest BCUT2D eigenvalue weighted by Gasteiger charge is -2.34. The van der Waals surface area contributed by atoms with Gasteiger partial charge in [0.1, 0.15) is 0 Å². The summed E-state index contributed by atoms with van der Waals surface area (Å²) < 4.78 is 0. The number of carbonyl (C=O) groups excluding carboxylic acids is 1. The molecule has 3 unspecified atom stereocenters. The largest absolute Gasteiger partial charge is 0.352 e. The Kier molecular flexibility index (Phi) is 4.29. The summed E-state index contributed by atoms with van der Waals surface area (Å²) in [4.78, 5) is 12.5. The van der Waals surface area contributed by atoms with Crippen LogP contribution in [-0.4, -0.2) is 18.0 Å². The number of amides is 1. The fourth-order valence-corrected chi connectivity index (χ4v) is 4.01. The van der Waals surface area contributed by atoms with Crippen LogP contribution in [0, 0.1) is 11.8 Å². The van der Waals surface area contributed by atoms with Gasteiger partial charge in [0.05, 0.1) is 6.04 Å². The molecule has 0 radical (unpaired) electrons. The van der Waals surface area contributed by atoms with Gasteiger partial charge in [-0.05, 0) is 48.6 Å². The van der Waals surface area contributed by atoms with Gasteiger partial charge in [-0.1, -0.05) is 38.1 Å². The summed E-state index contributed by atoms with van der Waals surface area (Å²) in [5.74, 6) is 1.62. The Balaban J connectivity index is 1.59. The summed E-state index contributed by atoms with van der Waals surface area (Å²) in [6, 6.07) is 8.68. The zero-order valence-corrected chi connectivity index (χ0v) is 13.1. The van der Waals surface area contributed by atoms with Crippen molar-refractivity contribution in [3.05, 3.63) is 35.4 Å². The Hall–Kier alpha value is -1.35. The van der Waals surface area contributed by atoms with Crippen molar-refractivity contribution in [1.29, 1.82) is 0 Å². The summed E-state index contributed by atoms with van der Waals surface area (Å²) in [7, 11) is 0. The maximum atomic E-state index is 12.5. The molecule has 1 fully saturated rings. The Morgan fingerprint density at radius 3 is 2.48 bits per heavy atom. The Morgan fingerprint density at radius 1 is 1.10 bits per heavy atom. The van der Waals surface area contributed by atoms with Crippen LogP contribution in [-0.2, 0) is 17.8 Å². The van der Waals surface area contributed by atoms with Gasteiger partial charge in [0, 0.05) is 12.6 Å². The second-order valence-corrected chi connectivity index (χ2v) is 7.03. The molecule has 0 spiro atoms. The molecule has 3 nitrogen and oxygen atoms in total. The first kappa shape index (κ1) is 14.6. The SMILES string of the molecule is CC1CC(C)CC(NC(=O)C2Cc3ccccc3CN2)C1. The fourth-order valence-electron chi connectivity index (χ4n) is 4.01. The standard InChI is InChI=1S/C18H26N2O/c1-12-7-13(2)9-16(8-12)20-18(21)17-10-14-5-3-4-6-15(14)11-19-17/h3-6,12-13,16-17,19H,7-11H2,1-2H3,(H,20,21). The molecule has 1 heterocycles. The molecule has 1 aromatic rings. The molecule has 114 valence electrons. The van der Waals surface area contributed by atoms with Crippen LogP contribution in [0.15, 0.2) is 24.3 Å². The van der Waals surface area contributed by atoms with Crippen molar-refractivity contribution in [1.82, 2.24) is 10.6 Å². The number of nitrogens with one attached hydrogen (secondary N) is 2. The number of fused-ring (bicyclic) bond motifs is 1. The highest BCUT2D eigenvalue weighted by atomic mass is 16.2. The first-order valence-electron chi connectivity index (χ1n) is 8.22. The third kappa shape index (κ3) is 3.46. The van der Waals surface area contributed by atoms with E-state index in [1.54, 1.807) is 0 Å². The van der Waals surface area contributed by atoms with Gasteiger partial charge in [-0.15, -0.1) is 0 Å². The molecule has 21 heavy (non-hydrogen) atoms. The lowest BCUT2D eigenvalue weighted by atomic mass is 9.80. The quantitative estimate of drug-likeness (QED) is 0.877. The maximum Gasteiger partial charge on any atom is 0.237 e. The molecule has 1 amide bonds. The van der Waals surface area contributed by atoms with Crippen LogP contribution >= 0.6 is 0 Å². The van der Waals surface area contributed by atoms with E-state index in [1.165, 1.54) is 17.5 Å². The van der Waals surface area contributed by atoms with Crippen molar-refractivity contribution in [2.45, 2.75) is 58.2 Å². The first-order chi connectivity index (χ1) is 10.1. The minimum absolute atomic E-state index is 0.0764. The molecule has 1 aliphatic carbocycles. The van der Waals surface area contributed by atoms with E-state index in [2.05, 4.69) is 48.7 Å². The van der Waals surface area contributed by atoms with E-state index in [0.29, 0.717) is 6.04 Å². The number of hydrogen-bond acceptors (Lipinski definition) is 2. The van der Waals surface area contributed by atoms with Crippen molar-refractivity contribution in [3.63, 3.8) is 0 Å². The normalized spacial score (nSPS) is 32.3. The van der Waals surface area contributed by atoms with E-state index in [0.717, 1.165) is 37.6 Å². The smallest absolute Gasteiger partial charge is 0.237 e. The van der Waals surface area contributed by atoms with Gasteiger partial charge in [0.2, 0.25) is 5.91 Å². The first-order valence-corrected chi connectivity index (χ1v) is 8.22. The van der Waals surface area contributed by atoms with Crippen LogP contribution in [0.1, 0.15) is 44.2 Å². The predicted octanol–water partition coefficient (Wildman–Crippen LogP) is 2.64. The zero-order valence-electron chi connectivity index (χ0n) is 13.1. The molecule has 1 saturated carbocycles. The summed E-state index contributed by atoms with van der Waals surface area (Å²) in [6.07, 6.45) is 4.35. The predicted molar refractivity (Wildman–Crippen MR) is 84.9 cm³/mol. The number of hydrogen-bond donors (Lipinski definition) is 2. The minimum atomic E-state index is -0.0764. The Bertz CT molecular complexity index is 504. The lowest BCUT2D eigenvalue weighted by Crippen LogP contribution is -2.51. The molecule has 1 aliphatic heterocycles. The molecular formula is C18H26N2O. The molecule has 1 aromatic carbocycles. The molecule has 0 saturated heterocycles. The van der Waals surface area contributed by atoms with Crippen molar-refractivity contribution in [2.24, 2.45) is 11.8 Å². The fraction of sp³-hybridized carbons (Fsp3) is 0.611. The van der Waals surface area contributed by atoms with Crippen molar-refractivity contribution in [3.8, 4) is 0 Å². The van der Waals surface area contributed by atoms with Gasteiger partial charge in [0.15, 0.2) is 0 Å². The van der Waals surface area contributed by atoms with E-state index >= 15 is 0 Å². The Labute approximate surface area is 127 Å². The monoisotopic (exact) mass is 286 g/mol. The van der Waals surface area contributed by atoms with Crippen LogP contribution in [0.5, 0.6) is 0 Å². The van der Waals surface area contributed by atoms with Crippen LogP contribution in [0.2, 0.25) is 0 Å². The molecule has 3 atom stereocenters. The van der Waals surface area contributed by atoms with Gasteiger partial charge in [-0.3, -0.25) is 4.79 Å². The molecule has 2 aliphatic rings. The van der Waals surface area contributed by atoms with E-state index in [-0.39, 0.29) is 11.9 Å². The molecule has 3 heteroatoms. The van der Waals surface area contributed by atoms with Crippen molar-refractivity contribution >= 4 is 5.91 Å². The highest BCUT2D eigenvalue weighted by molar-refractivity contribution is 5.82. The van der Waals surface area contributed by atoms with E-state index in [9.17, 15) is 4.79 Å². The zero-order chi connectivity index (χ0) is 14.8. The van der Waals surface area contributed by atoms with Gasteiger partial charge < -0.3 is 10.6 Å². The molecule has 0 bridgehead atoms. The topological polar surface area (TPSA) is 41.1 Å². The van der Waals surface area contributed by atoms with Crippen LogP contribution in [0.25, 0.3) is 0 Å². The third-order valence-electron chi connectivity index (χ3n) is 4.92. The molecular weight excluding hydrogens is 260 g/mol. The molecule has 0 aromatic heterocycles. The highest BCUT2D eigenvalue weighted by Crippen LogP contribution is 2.28. The second kappa shape index (κ2) is 6.18. The minimum Gasteiger partial charge on any atom is -0.352 e. The number of rotatable bonds is 2. The van der Waals surface area contributed by atoms with Crippen molar-refractivity contribution in [2.75, 3.05) is 0 Å². The van der Waals surface area contributed by atoms with Crippen LogP contribution < -0.4 is 10.6 Å². The molecule has 2 N–H and O–H groups in total. The summed E-state index contributed by atoms with van der Waals surface area (Å²) in [6.45, 7) is 5.39. The number of benzene rings is 1. The van der Waals surface area contributed by atoms with Gasteiger partial charge in [0.25, 0.3) is 0 Å². The van der Waals surface area contributed by atoms with Crippen LogP contribution in [0.4, 0.5) is 0 Å². The summed E-state index contributed by atoms with van der Waals surface area (Å²) >= 11 is 0. The summed E-state index contributed by atoms with van der Waals surface area (Å²) in [5, 5.41) is 6.65. The van der Waals surface area contributed by atoms with Gasteiger partial charge in [-0.25, -0.2) is 0 Å². The van der Waals surface area contributed by atoms with E-state index in [1.807, 2.05) is 0 Å². The number of carbonyl (C=O) groups is 1. The third-order valence-corrected chi connectivity index (χ3v) is 4.92. The van der Waals surface area contributed by atoms with Crippen LogP contribution in [0.3, 0.4) is 0 Å². The van der Waals surface area contributed by atoms with E-state index < -0.39 is 0 Å². The van der Waals surface area contributed by atoms with E-state index in [4.69, 9.17) is 0 Å². The van der Waals surface area contributed by atoms with Gasteiger partial charge in [-0.2, -0.15) is 0 Å². The molecule has 3 rings (SSSR count). The Morgan fingerprint density at radius 2 is 1.76 bits per heavy atom. The second-order valence-electron chi connectivity index (χ2n) is 7.03. The average Bonchev–Trinajstić information content (AvgIpc) is 2.45. The maximum absolute atomic E-state index is 12.5. The highest BCUT2D eigenvalue weighted by Gasteiger charge is 2.29.